The molecule has 0 aromatic heterocycles. The van der Waals surface area contributed by atoms with Gasteiger partial charge in [-0.1, -0.05) is 37.3 Å². The molecule has 0 unspecified atom stereocenters. The summed E-state index contributed by atoms with van der Waals surface area (Å²) in [6, 6.07) is 13.0. The number of nitrogens with zero attached hydrogens (tertiary/aromatic N) is 2. The van der Waals surface area contributed by atoms with Crippen molar-refractivity contribution in [3.8, 4) is 6.07 Å². The summed E-state index contributed by atoms with van der Waals surface area (Å²) < 4.78 is 0. The molecule has 1 aromatic carbocycles. The van der Waals surface area contributed by atoms with Gasteiger partial charge in [0.1, 0.15) is 0 Å². The average Bonchev–Trinajstić information content (AvgIpc) is 2.31. The topological polar surface area (TPSA) is 27.0 Å². The maximum atomic E-state index is 8.97. The lowest BCUT2D eigenvalue weighted by Gasteiger charge is -2.33. The number of likely N-dealkylation sites (tertiary alicyclic amines) is 1. The molecule has 0 amide bonds. The van der Waals surface area contributed by atoms with Gasteiger partial charge in [0.25, 0.3) is 0 Å². The molecular weight excluding hydrogens is 196 g/mol. The van der Waals surface area contributed by atoms with E-state index in [0.717, 1.165) is 26.1 Å². The van der Waals surface area contributed by atoms with Gasteiger partial charge in [-0.3, -0.25) is 4.90 Å². The normalized spacial score (nSPS) is 26.2. The van der Waals surface area contributed by atoms with Crippen LogP contribution < -0.4 is 0 Å². The Labute approximate surface area is 97.5 Å². The zero-order valence-electron chi connectivity index (χ0n) is 9.76. The van der Waals surface area contributed by atoms with E-state index in [-0.39, 0.29) is 5.92 Å². The van der Waals surface area contributed by atoms with E-state index in [0.29, 0.717) is 5.92 Å². The van der Waals surface area contributed by atoms with Gasteiger partial charge >= 0.3 is 0 Å². The summed E-state index contributed by atoms with van der Waals surface area (Å²) in [5.41, 5.74) is 1.37. The highest BCUT2D eigenvalue weighted by Gasteiger charge is 2.25. The van der Waals surface area contributed by atoms with Gasteiger partial charge in [0.05, 0.1) is 12.0 Å². The summed E-state index contributed by atoms with van der Waals surface area (Å²) in [6.45, 7) is 5.30. The van der Waals surface area contributed by atoms with Crippen LogP contribution in [0.1, 0.15) is 18.9 Å². The standard InChI is InChI=1S/C14H18N2/c1-12-10-16(8-7-14(12)9-15)11-13-5-3-2-4-6-13/h2-6,12,14H,7-8,10-11H2,1H3/t12-,14-/m1/s1. The molecule has 0 bridgehead atoms. The Morgan fingerprint density at radius 1 is 1.38 bits per heavy atom. The maximum absolute atomic E-state index is 8.97. The molecule has 2 nitrogen and oxygen atoms in total. The Morgan fingerprint density at radius 3 is 2.75 bits per heavy atom. The van der Waals surface area contributed by atoms with E-state index in [2.05, 4.69) is 42.2 Å². The van der Waals surface area contributed by atoms with Crippen LogP contribution in [-0.2, 0) is 6.54 Å². The summed E-state index contributed by atoms with van der Waals surface area (Å²) in [7, 11) is 0. The number of hydrogen-bond acceptors (Lipinski definition) is 2. The average molecular weight is 214 g/mol. The first-order chi connectivity index (χ1) is 7.79. The predicted molar refractivity (Wildman–Crippen MR) is 64.6 cm³/mol. The number of nitriles is 1. The summed E-state index contributed by atoms with van der Waals surface area (Å²) in [5, 5.41) is 8.97. The van der Waals surface area contributed by atoms with Crippen LogP contribution in [-0.4, -0.2) is 18.0 Å². The molecule has 1 aliphatic heterocycles. The van der Waals surface area contributed by atoms with Crippen LogP contribution in [0.4, 0.5) is 0 Å². The molecule has 0 spiro atoms. The first-order valence-corrected chi connectivity index (χ1v) is 5.95. The zero-order chi connectivity index (χ0) is 11.4. The molecule has 1 saturated heterocycles. The quantitative estimate of drug-likeness (QED) is 0.756. The molecule has 1 aliphatic rings. The van der Waals surface area contributed by atoms with E-state index in [1.807, 2.05) is 6.07 Å². The second kappa shape index (κ2) is 5.14. The Kier molecular flexibility index (Phi) is 3.58. The molecule has 2 atom stereocenters. The first kappa shape index (κ1) is 11.2. The molecule has 0 N–H and O–H groups in total. The minimum absolute atomic E-state index is 0.257. The summed E-state index contributed by atoms with van der Waals surface area (Å²) >= 11 is 0. The van der Waals surface area contributed by atoms with E-state index >= 15 is 0 Å². The molecule has 0 saturated carbocycles. The van der Waals surface area contributed by atoms with E-state index < -0.39 is 0 Å². The van der Waals surface area contributed by atoms with Crippen LogP contribution in [0.15, 0.2) is 30.3 Å². The van der Waals surface area contributed by atoms with Crippen molar-refractivity contribution in [3.05, 3.63) is 35.9 Å². The zero-order valence-corrected chi connectivity index (χ0v) is 9.76. The fourth-order valence-electron chi connectivity index (χ4n) is 2.41. The molecule has 0 aliphatic carbocycles. The lowest BCUT2D eigenvalue weighted by Crippen LogP contribution is -2.38. The van der Waals surface area contributed by atoms with Crippen LogP contribution in [0.2, 0.25) is 0 Å². The highest BCUT2D eigenvalue weighted by molar-refractivity contribution is 5.14. The van der Waals surface area contributed by atoms with Crippen molar-refractivity contribution >= 4 is 0 Å². The van der Waals surface area contributed by atoms with Gasteiger partial charge in [0, 0.05) is 13.1 Å². The Bertz CT molecular complexity index is 366. The van der Waals surface area contributed by atoms with Crippen molar-refractivity contribution in [1.29, 1.82) is 5.26 Å². The third kappa shape index (κ3) is 2.62. The van der Waals surface area contributed by atoms with Crippen molar-refractivity contribution in [2.75, 3.05) is 13.1 Å². The number of benzene rings is 1. The van der Waals surface area contributed by atoms with Crippen LogP contribution in [0.3, 0.4) is 0 Å². The molecule has 16 heavy (non-hydrogen) atoms. The smallest absolute Gasteiger partial charge is 0.0659 e. The summed E-state index contributed by atoms with van der Waals surface area (Å²) in [4.78, 5) is 2.45. The summed E-state index contributed by atoms with van der Waals surface area (Å²) in [5.74, 6) is 0.759. The van der Waals surface area contributed by atoms with Gasteiger partial charge in [0.2, 0.25) is 0 Å². The van der Waals surface area contributed by atoms with E-state index in [1.54, 1.807) is 0 Å². The SMILES string of the molecule is C[C@@H]1CN(Cc2ccccc2)CC[C@@H]1C#N. The van der Waals surface area contributed by atoms with Crippen LogP contribution in [0, 0.1) is 23.2 Å². The second-order valence-corrected chi connectivity index (χ2v) is 4.72. The molecule has 1 fully saturated rings. The van der Waals surface area contributed by atoms with Gasteiger partial charge in [-0.2, -0.15) is 5.26 Å². The third-order valence-corrected chi connectivity index (χ3v) is 3.40. The second-order valence-electron chi connectivity index (χ2n) is 4.72. The van der Waals surface area contributed by atoms with E-state index in [1.165, 1.54) is 5.56 Å². The minimum Gasteiger partial charge on any atom is -0.299 e. The first-order valence-electron chi connectivity index (χ1n) is 5.95. The van der Waals surface area contributed by atoms with Crippen LogP contribution in [0.25, 0.3) is 0 Å². The Hall–Kier alpha value is -1.33. The summed E-state index contributed by atoms with van der Waals surface area (Å²) in [6.07, 6.45) is 1.02. The molecule has 2 rings (SSSR count). The fourth-order valence-corrected chi connectivity index (χ4v) is 2.41. The maximum Gasteiger partial charge on any atom is 0.0659 e. The monoisotopic (exact) mass is 214 g/mol. The number of piperidine rings is 1. The Balaban J connectivity index is 1.92. The highest BCUT2D eigenvalue weighted by atomic mass is 15.1. The predicted octanol–water partition coefficient (Wildman–Crippen LogP) is 2.67. The molecule has 0 radical (unpaired) electrons. The molecule has 1 aromatic rings. The van der Waals surface area contributed by atoms with Gasteiger partial charge in [-0.05, 0) is 24.4 Å². The molecule has 1 heterocycles. The highest BCUT2D eigenvalue weighted by Crippen LogP contribution is 2.23. The molecule has 2 heteroatoms. The fraction of sp³-hybridized carbons (Fsp3) is 0.500. The lowest BCUT2D eigenvalue weighted by atomic mass is 9.88. The van der Waals surface area contributed by atoms with Crippen molar-refractivity contribution in [2.45, 2.75) is 19.9 Å². The van der Waals surface area contributed by atoms with Crippen LogP contribution >= 0.6 is 0 Å². The largest absolute Gasteiger partial charge is 0.299 e. The van der Waals surface area contributed by atoms with Gasteiger partial charge in [-0.15, -0.1) is 0 Å². The molecular formula is C14H18N2. The minimum atomic E-state index is 0.257. The van der Waals surface area contributed by atoms with E-state index in [9.17, 15) is 0 Å². The van der Waals surface area contributed by atoms with Crippen molar-refractivity contribution in [3.63, 3.8) is 0 Å². The van der Waals surface area contributed by atoms with Crippen molar-refractivity contribution < 1.29 is 0 Å². The van der Waals surface area contributed by atoms with Gasteiger partial charge in [-0.25, -0.2) is 0 Å². The van der Waals surface area contributed by atoms with Crippen LogP contribution in [0.5, 0.6) is 0 Å². The van der Waals surface area contributed by atoms with E-state index in [4.69, 9.17) is 5.26 Å². The number of hydrogen-bond donors (Lipinski definition) is 0. The van der Waals surface area contributed by atoms with Gasteiger partial charge in [0.15, 0.2) is 0 Å². The van der Waals surface area contributed by atoms with Gasteiger partial charge < -0.3 is 0 Å². The Morgan fingerprint density at radius 2 is 2.12 bits per heavy atom. The molecule has 84 valence electrons. The lowest BCUT2D eigenvalue weighted by molar-refractivity contribution is 0.147. The third-order valence-electron chi connectivity index (χ3n) is 3.40. The van der Waals surface area contributed by atoms with Crippen molar-refractivity contribution in [2.24, 2.45) is 11.8 Å². The number of rotatable bonds is 2. The van der Waals surface area contributed by atoms with Crippen molar-refractivity contribution in [1.82, 2.24) is 4.90 Å².